The zero-order valence-corrected chi connectivity index (χ0v) is 13.1. The maximum absolute atomic E-state index is 12.8. The van der Waals surface area contributed by atoms with E-state index in [4.69, 9.17) is 0 Å². The largest absolute Gasteiger partial charge is 0.507 e. The Kier molecular flexibility index (Phi) is 3.03. The first-order valence-electron chi connectivity index (χ1n) is 7.77. The van der Waals surface area contributed by atoms with Gasteiger partial charge in [0.05, 0.1) is 5.56 Å². The number of hydrogen-bond donors (Lipinski definition) is 1. The molecule has 4 nitrogen and oxygen atoms in total. The van der Waals surface area contributed by atoms with Crippen molar-refractivity contribution in [2.75, 3.05) is 0 Å². The molecule has 0 atom stereocenters. The molecule has 2 aromatic carbocycles. The third kappa shape index (κ3) is 1.77. The first kappa shape index (κ1) is 14.6. The van der Waals surface area contributed by atoms with E-state index >= 15 is 0 Å². The highest BCUT2D eigenvalue weighted by molar-refractivity contribution is 6.30. The van der Waals surface area contributed by atoms with E-state index in [9.17, 15) is 19.5 Å². The molecule has 2 aliphatic carbocycles. The molecule has 2 aliphatic rings. The SMILES string of the molecule is CC1=C(C=O)c2cc3c(c(O)c2CC1)C(=O)c1ccccc1C3=O. The number of ketones is 2. The summed E-state index contributed by atoms with van der Waals surface area (Å²) in [5.74, 6) is -0.812. The van der Waals surface area contributed by atoms with Gasteiger partial charge in [-0.2, -0.15) is 0 Å². The fraction of sp³-hybridized carbons (Fsp3) is 0.150. The molecule has 0 saturated heterocycles. The molecule has 4 heteroatoms. The van der Waals surface area contributed by atoms with Gasteiger partial charge in [-0.1, -0.05) is 29.8 Å². The van der Waals surface area contributed by atoms with Crippen LogP contribution in [-0.4, -0.2) is 23.0 Å². The molecule has 0 amide bonds. The number of phenols is 1. The van der Waals surface area contributed by atoms with Crippen LogP contribution >= 0.6 is 0 Å². The maximum atomic E-state index is 12.8. The lowest BCUT2D eigenvalue weighted by Crippen LogP contribution is -2.22. The maximum Gasteiger partial charge on any atom is 0.198 e. The normalized spacial score (nSPS) is 15.7. The number of aromatic hydroxyl groups is 1. The summed E-state index contributed by atoms with van der Waals surface area (Å²) in [4.78, 5) is 37.0. The van der Waals surface area contributed by atoms with Gasteiger partial charge < -0.3 is 5.11 Å². The van der Waals surface area contributed by atoms with Gasteiger partial charge >= 0.3 is 0 Å². The van der Waals surface area contributed by atoms with Crippen molar-refractivity contribution in [3.63, 3.8) is 0 Å². The van der Waals surface area contributed by atoms with Crippen LogP contribution in [0, 0.1) is 0 Å². The van der Waals surface area contributed by atoms with E-state index in [2.05, 4.69) is 0 Å². The van der Waals surface area contributed by atoms with Gasteiger partial charge in [0, 0.05) is 27.8 Å². The summed E-state index contributed by atoms with van der Waals surface area (Å²) in [6.45, 7) is 1.87. The van der Waals surface area contributed by atoms with Gasteiger partial charge in [0.25, 0.3) is 0 Å². The predicted octanol–water partition coefficient (Wildman–Crippen LogP) is 3.09. The lowest BCUT2D eigenvalue weighted by atomic mass is 9.77. The summed E-state index contributed by atoms with van der Waals surface area (Å²) in [6, 6.07) is 8.19. The predicted molar refractivity (Wildman–Crippen MR) is 88.4 cm³/mol. The van der Waals surface area contributed by atoms with Crippen LogP contribution in [0.2, 0.25) is 0 Å². The quantitative estimate of drug-likeness (QED) is 0.700. The average Bonchev–Trinajstić information content (AvgIpc) is 2.59. The Labute approximate surface area is 138 Å². The molecule has 0 saturated carbocycles. The Bertz CT molecular complexity index is 979. The van der Waals surface area contributed by atoms with Gasteiger partial charge in [0.15, 0.2) is 17.9 Å². The van der Waals surface area contributed by atoms with Crippen molar-refractivity contribution in [1.82, 2.24) is 0 Å². The Morgan fingerprint density at radius 1 is 0.958 bits per heavy atom. The second-order valence-corrected chi connectivity index (χ2v) is 6.19. The fourth-order valence-corrected chi connectivity index (χ4v) is 3.61. The Hall–Kier alpha value is -3.01. The van der Waals surface area contributed by atoms with Crippen LogP contribution in [0.15, 0.2) is 35.9 Å². The van der Waals surface area contributed by atoms with Gasteiger partial charge in [-0.15, -0.1) is 0 Å². The van der Waals surface area contributed by atoms with E-state index in [1.165, 1.54) is 0 Å². The standard InChI is InChI=1S/C20H14O4/c1-10-6-7-13-14(16(10)9-21)8-15-17(20(13)24)19(23)12-5-3-2-4-11(12)18(15)22/h2-5,8-9,24H,6-7H2,1H3. The van der Waals surface area contributed by atoms with Crippen LogP contribution in [0.25, 0.3) is 5.57 Å². The lowest BCUT2D eigenvalue weighted by Gasteiger charge is -2.25. The van der Waals surface area contributed by atoms with Crippen molar-refractivity contribution >= 4 is 23.4 Å². The second kappa shape index (κ2) is 4.99. The molecule has 0 aliphatic heterocycles. The van der Waals surface area contributed by atoms with E-state index < -0.39 is 0 Å². The second-order valence-electron chi connectivity index (χ2n) is 6.19. The first-order valence-corrected chi connectivity index (χ1v) is 7.77. The Morgan fingerprint density at radius 2 is 1.62 bits per heavy atom. The molecule has 0 radical (unpaired) electrons. The highest BCUT2D eigenvalue weighted by atomic mass is 16.3. The Morgan fingerprint density at radius 3 is 2.29 bits per heavy atom. The van der Waals surface area contributed by atoms with Crippen molar-refractivity contribution < 1.29 is 19.5 Å². The van der Waals surface area contributed by atoms with Crippen LogP contribution in [0.5, 0.6) is 5.75 Å². The third-order valence-corrected chi connectivity index (χ3v) is 4.91. The fourth-order valence-electron chi connectivity index (χ4n) is 3.61. The smallest absolute Gasteiger partial charge is 0.198 e. The number of fused-ring (bicyclic) bond motifs is 3. The monoisotopic (exact) mass is 318 g/mol. The molecule has 1 N–H and O–H groups in total. The van der Waals surface area contributed by atoms with E-state index in [0.29, 0.717) is 40.7 Å². The summed E-state index contributed by atoms with van der Waals surface area (Å²) in [5, 5.41) is 10.7. The highest BCUT2D eigenvalue weighted by Crippen LogP contribution is 2.42. The van der Waals surface area contributed by atoms with Gasteiger partial charge in [0.1, 0.15) is 5.75 Å². The van der Waals surface area contributed by atoms with Crippen LogP contribution in [0.3, 0.4) is 0 Å². The first-order chi connectivity index (χ1) is 11.5. The molecular formula is C20H14O4. The van der Waals surface area contributed by atoms with Crippen molar-refractivity contribution in [3.05, 3.63) is 69.3 Å². The van der Waals surface area contributed by atoms with Gasteiger partial charge in [0.2, 0.25) is 0 Å². The van der Waals surface area contributed by atoms with Crippen molar-refractivity contribution in [1.29, 1.82) is 0 Å². The molecule has 0 unspecified atom stereocenters. The molecule has 118 valence electrons. The van der Waals surface area contributed by atoms with Crippen molar-refractivity contribution in [2.24, 2.45) is 0 Å². The van der Waals surface area contributed by atoms with E-state index in [-0.39, 0.29) is 28.4 Å². The summed E-state index contributed by atoms with van der Waals surface area (Å²) >= 11 is 0. The number of rotatable bonds is 1. The van der Waals surface area contributed by atoms with Crippen LogP contribution in [0.4, 0.5) is 0 Å². The van der Waals surface area contributed by atoms with Crippen LogP contribution < -0.4 is 0 Å². The molecule has 0 aromatic heterocycles. The van der Waals surface area contributed by atoms with Gasteiger partial charge in [-0.25, -0.2) is 0 Å². The van der Waals surface area contributed by atoms with E-state index in [1.54, 1.807) is 30.3 Å². The zero-order valence-electron chi connectivity index (χ0n) is 13.1. The highest BCUT2D eigenvalue weighted by Gasteiger charge is 2.35. The van der Waals surface area contributed by atoms with Gasteiger partial charge in [-0.3, -0.25) is 14.4 Å². The molecule has 0 spiro atoms. The minimum absolute atomic E-state index is 0.0576. The summed E-state index contributed by atoms with van der Waals surface area (Å²) in [5.41, 5.74) is 3.42. The summed E-state index contributed by atoms with van der Waals surface area (Å²) < 4.78 is 0. The lowest BCUT2D eigenvalue weighted by molar-refractivity contribution is -0.103. The third-order valence-electron chi connectivity index (χ3n) is 4.91. The minimum Gasteiger partial charge on any atom is -0.507 e. The zero-order chi connectivity index (χ0) is 17.0. The molecule has 24 heavy (non-hydrogen) atoms. The number of benzene rings is 2. The number of phenolic OH excluding ortho intramolecular Hbond substituents is 1. The number of carbonyl (C=O) groups is 3. The van der Waals surface area contributed by atoms with Crippen LogP contribution in [0.1, 0.15) is 56.3 Å². The number of aldehydes is 1. The molecular weight excluding hydrogens is 304 g/mol. The Balaban J connectivity index is 2.06. The van der Waals surface area contributed by atoms with Crippen LogP contribution in [-0.2, 0) is 11.2 Å². The van der Waals surface area contributed by atoms with E-state index in [0.717, 1.165) is 11.9 Å². The topological polar surface area (TPSA) is 71.4 Å². The summed E-state index contributed by atoms with van der Waals surface area (Å²) in [6.07, 6.45) is 1.94. The number of allylic oxidation sites excluding steroid dienone is 2. The average molecular weight is 318 g/mol. The molecule has 0 bridgehead atoms. The minimum atomic E-state index is -0.348. The number of carbonyl (C=O) groups excluding carboxylic acids is 3. The van der Waals surface area contributed by atoms with Crippen molar-refractivity contribution in [3.8, 4) is 5.75 Å². The van der Waals surface area contributed by atoms with E-state index in [1.807, 2.05) is 6.92 Å². The van der Waals surface area contributed by atoms with Gasteiger partial charge in [-0.05, 0) is 31.4 Å². The molecule has 0 heterocycles. The molecule has 0 fully saturated rings. The summed E-state index contributed by atoms with van der Waals surface area (Å²) in [7, 11) is 0. The molecule has 2 aromatic rings. The number of hydrogen-bond acceptors (Lipinski definition) is 4. The van der Waals surface area contributed by atoms with Crippen molar-refractivity contribution in [2.45, 2.75) is 19.8 Å². The molecule has 4 rings (SSSR count).